The van der Waals surface area contributed by atoms with Crippen LogP contribution in [-0.4, -0.2) is 29.4 Å². The Kier molecular flexibility index (Phi) is 5.24. The Bertz CT molecular complexity index is 601. The number of nitrogens with one attached hydrogen (secondary N) is 1. The van der Waals surface area contributed by atoms with Crippen LogP contribution in [0, 0.1) is 0 Å². The summed E-state index contributed by atoms with van der Waals surface area (Å²) in [5.74, 6) is 0.962. The second-order valence-electron chi connectivity index (χ2n) is 4.57. The average molecular weight is 289 g/mol. The lowest BCUT2D eigenvalue weighted by Gasteiger charge is -2.07. The van der Waals surface area contributed by atoms with Gasteiger partial charge >= 0.3 is 0 Å². The van der Waals surface area contributed by atoms with Crippen LogP contribution in [0.4, 0.5) is 5.69 Å². The van der Waals surface area contributed by atoms with Crippen molar-refractivity contribution in [2.24, 2.45) is 0 Å². The number of nitrogens with zero attached hydrogens (tertiary/aromatic N) is 1. The Hall–Kier alpha value is -1.75. The van der Waals surface area contributed by atoms with Crippen LogP contribution in [0.1, 0.15) is 23.3 Å². The first-order valence-electron chi connectivity index (χ1n) is 6.65. The van der Waals surface area contributed by atoms with Gasteiger partial charge in [0, 0.05) is 17.6 Å². The first-order valence-corrected chi connectivity index (χ1v) is 8.04. The number of amides is 1. The van der Waals surface area contributed by atoms with Gasteiger partial charge in [-0.05, 0) is 37.0 Å². The molecule has 0 spiro atoms. The third-order valence-corrected chi connectivity index (χ3v) is 3.74. The monoisotopic (exact) mass is 289 g/mol. The van der Waals surface area contributed by atoms with Crippen LogP contribution >= 0.6 is 11.8 Å². The molecule has 0 saturated heterocycles. The van der Waals surface area contributed by atoms with E-state index in [-0.39, 0.29) is 5.91 Å². The Balaban J connectivity index is 2.03. The molecule has 1 heterocycles. The van der Waals surface area contributed by atoms with Crippen molar-refractivity contribution in [3.05, 3.63) is 36.0 Å². The number of pyridine rings is 1. The number of rotatable bonds is 6. The third kappa shape index (κ3) is 3.63. The molecule has 2 aromatic rings. The zero-order chi connectivity index (χ0) is 14.4. The number of unbranched alkanes of at least 4 members (excludes halogenated alkanes) is 1. The number of benzene rings is 1. The van der Waals surface area contributed by atoms with Crippen LogP contribution in [0.2, 0.25) is 0 Å². The lowest BCUT2D eigenvalue weighted by molar-refractivity contribution is 0.0948. The standard InChI is InChI=1S/C15H19N3OS/c1-20-9-5-4-8-17-15(19)14-10-12(16)11-6-2-3-7-13(11)18-14/h2-3,6-7,10H,4-5,8-9H2,1H3,(H2,16,18)(H,17,19). The maximum Gasteiger partial charge on any atom is 0.269 e. The number of carbonyl (C=O) groups is 1. The number of fused-ring (bicyclic) bond motifs is 1. The predicted molar refractivity (Wildman–Crippen MR) is 86.1 cm³/mol. The van der Waals surface area contributed by atoms with Crippen LogP contribution in [0.3, 0.4) is 0 Å². The quantitative estimate of drug-likeness (QED) is 0.802. The summed E-state index contributed by atoms with van der Waals surface area (Å²) in [6, 6.07) is 9.20. The number of nitrogens with two attached hydrogens (primary N) is 1. The molecule has 1 aromatic carbocycles. The highest BCUT2D eigenvalue weighted by molar-refractivity contribution is 7.98. The van der Waals surface area contributed by atoms with E-state index < -0.39 is 0 Å². The molecular formula is C15H19N3OS. The average Bonchev–Trinajstić information content (AvgIpc) is 2.47. The molecule has 3 N–H and O–H groups in total. The minimum absolute atomic E-state index is 0.161. The third-order valence-electron chi connectivity index (χ3n) is 3.04. The Morgan fingerprint density at radius 3 is 2.95 bits per heavy atom. The number of hydrogen-bond donors (Lipinski definition) is 2. The van der Waals surface area contributed by atoms with E-state index in [1.807, 2.05) is 36.0 Å². The first kappa shape index (κ1) is 14.7. The number of hydrogen-bond acceptors (Lipinski definition) is 4. The molecule has 5 heteroatoms. The number of thioether (sulfide) groups is 1. The Morgan fingerprint density at radius 1 is 1.35 bits per heavy atom. The van der Waals surface area contributed by atoms with Gasteiger partial charge in [-0.1, -0.05) is 18.2 Å². The van der Waals surface area contributed by atoms with Crippen LogP contribution < -0.4 is 11.1 Å². The number of aromatic nitrogens is 1. The second-order valence-corrected chi connectivity index (χ2v) is 5.56. The summed E-state index contributed by atoms with van der Waals surface area (Å²) in [6.45, 7) is 0.674. The predicted octanol–water partition coefficient (Wildman–Crippen LogP) is 2.69. The van der Waals surface area contributed by atoms with E-state index in [4.69, 9.17) is 5.73 Å². The molecular weight excluding hydrogens is 270 g/mol. The van der Waals surface area contributed by atoms with E-state index in [0.29, 0.717) is 17.9 Å². The van der Waals surface area contributed by atoms with Crippen molar-refractivity contribution in [2.45, 2.75) is 12.8 Å². The lowest BCUT2D eigenvalue weighted by atomic mass is 10.1. The minimum Gasteiger partial charge on any atom is -0.398 e. The number of nitrogen functional groups attached to an aromatic ring is 1. The zero-order valence-electron chi connectivity index (χ0n) is 11.6. The summed E-state index contributed by atoms with van der Waals surface area (Å²) in [7, 11) is 0. The van der Waals surface area contributed by atoms with Gasteiger partial charge in [0.25, 0.3) is 5.91 Å². The van der Waals surface area contributed by atoms with Crippen LogP contribution in [0.15, 0.2) is 30.3 Å². The van der Waals surface area contributed by atoms with E-state index in [2.05, 4.69) is 16.6 Å². The number of carbonyl (C=O) groups excluding carboxylic acids is 1. The van der Waals surface area contributed by atoms with Crippen LogP contribution in [-0.2, 0) is 0 Å². The van der Waals surface area contributed by atoms with Crippen molar-refractivity contribution in [2.75, 3.05) is 24.3 Å². The van der Waals surface area contributed by atoms with Crippen molar-refractivity contribution in [3.63, 3.8) is 0 Å². The molecule has 0 saturated carbocycles. The van der Waals surface area contributed by atoms with Crippen molar-refractivity contribution in [1.82, 2.24) is 10.3 Å². The Morgan fingerprint density at radius 2 is 2.15 bits per heavy atom. The fourth-order valence-electron chi connectivity index (χ4n) is 1.98. The van der Waals surface area contributed by atoms with Gasteiger partial charge < -0.3 is 11.1 Å². The highest BCUT2D eigenvalue weighted by atomic mass is 32.2. The van der Waals surface area contributed by atoms with E-state index in [9.17, 15) is 4.79 Å². The minimum atomic E-state index is -0.161. The van der Waals surface area contributed by atoms with Gasteiger partial charge in [-0.2, -0.15) is 11.8 Å². The van der Waals surface area contributed by atoms with E-state index in [1.54, 1.807) is 6.07 Å². The van der Waals surface area contributed by atoms with Gasteiger partial charge in [0.15, 0.2) is 0 Å². The van der Waals surface area contributed by atoms with Gasteiger partial charge in [0.05, 0.1) is 5.52 Å². The molecule has 0 bridgehead atoms. The SMILES string of the molecule is CSCCCCNC(=O)c1cc(N)c2ccccc2n1. The van der Waals surface area contributed by atoms with Gasteiger partial charge in [0.1, 0.15) is 5.69 Å². The summed E-state index contributed by atoms with van der Waals surface area (Å²) < 4.78 is 0. The van der Waals surface area contributed by atoms with E-state index in [1.165, 1.54) is 0 Å². The molecule has 20 heavy (non-hydrogen) atoms. The highest BCUT2D eigenvalue weighted by Gasteiger charge is 2.09. The normalized spacial score (nSPS) is 10.7. The maximum atomic E-state index is 12.0. The molecule has 4 nitrogen and oxygen atoms in total. The van der Waals surface area contributed by atoms with Gasteiger partial charge in [0.2, 0.25) is 0 Å². The van der Waals surface area contributed by atoms with Crippen molar-refractivity contribution in [3.8, 4) is 0 Å². The first-order chi connectivity index (χ1) is 9.72. The van der Waals surface area contributed by atoms with Crippen LogP contribution in [0.5, 0.6) is 0 Å². The largest absolute Gasteiger partial charge is 0.398 e. The highest BCUT2D eigenvalue weighted by Crippen LogP contribution is 2.19. The molecule has 0 aliphatic rings. The fraction of sp³-hybridized carbons (Fsp3) is 0.333. The molecule has 0 fully saturated rings. The summed E-state index contributed by atoms with van der Waals surface area (Å²) >= 11 is 1.82. The lowest BCUT2D eigenvalue weighted by Crippen LogP contribution is -2.25. The summed E-state index contributed by atoms with van der Waals surface area (Å²) in [5.41, 5.74) is 7.68. The zero-order valence-corrected chi connectivity index (χ0v) is 12.4. The second kappa shape index (κ2) is 7.14. The van der Waals surface area contributed by atoms with E-state index >= 15 is 0 Å². The van der Waals surface area contributed by atoms with Gasteiger partial charge in [-0.3, -0.25) is 4.79 Å². The molecule has 106 valence electrons. The number of para-hydroxylation sites is 1. The topological polar surface area (TPSA) is 68.0 Å². The molecule has 0 radical (unpaired) electrons. The van der Waals surface area contributed by atoms with Gasteiger partial charge in [-0.25, -0.2) is 4.98 Å². The molecule has 0 aliphatic carbocycles. The van der Waals surface area contributed by atoms with Gasteiger partial charge in [-0.15, -0.1) is 0 Å². The maximum absolute atomic E-state index is 12.0. The summed E-state index contributed by atoms with van der Waals surface area (Å²) in [6.07, 6.45) is 4.17. The van der Waals surface area contributed by atoms with Crippen LogP contribution in [0.25, 0.3) is 10.9 Å². The van der Waals surface area contributed by atoms with E-state index in [0.717, 1.165) is 29.5 Å². The molecule has 0 aliphatic heterocycles. The smallest absolute Gasteiger partial charge is 0.269 e. The fourth-order valence-corrected chi connectivity index (χ4v) is 2.48. The molecule has 0 unspecified atom stereocenters. The van der Waals surface area contributed by atoms with Crippen molar-refractivity contribution >= 4 is 34.3 Å². The molecule has 1 amide bonds. The molecule has 1 aromatic heterocycles. The summed E-state index contributed by atoms with van der Waals surface area (Å²) in [4.78, 5) is 16.4. The Labute approximate surface area is 123 Å². The summed E-state index contributed by atoms with van der Waals surface area (Å²) in [5, 5.41) is 3.76. The molecule has 0 atom stereocenters. The number of anilines is 1. The van der Waals surface area contributed by atoms with Crippen molar-refractivity contribution < 1.29 is 4.79 Å². The molecule has 2 rings (SSSR count). The van der Waals surface area contributed by atoms with Crippen molar-refractivity contribution in [1.29, 1.82) is 0 Å².